The fourth-order valence-electron chi connectivity index (χ4n) is 3.08. The molecule has 3 aromatic heterocycles. The minimum absolute atomic E-state index is 0.666. The highest BCUT2D eigenvalue weighted by molar-refractivity contribution is 5.89. The van der Waals surface area contributed by atoms with Crippen molar-refractivity contribution in [3.05, 3.63) is 29.0 Å². The molecule has 0 spiro atoms. The van der Waals surface area contributed by atoms with Crippen LogP contribution in [0.15, 0.2) is 6.07 Å². The molecule has 0 saturated heterocycles. The number of fused-ring (bicyclic) bond motifs is 1. The summed E-state index contributed by atoms with van der Waals surface area (Å²) in [5, 5.41) is 13.1. The lowest BCUT2D eigenvalue weighted by Crippen LogP contribution is -2.19. The van der Waals surface area contributed by atoms with E-state index in [-0.39, 0.29) is 0 Å². The summed E-state index contributed by atoms with van der Waals surface area (Å²) in [6, 6.07) is 2.18. The van der Waals surface area contributed by atoms with Crippen molar-refractivity contribution in [3.63, 3.8) is 0 Å². The predicted octanol–water partition coefficient (Wildman–Crippen LogP) is 2.22. The Labute approximate surface area is 134 Å². The number of H-pyrrole nitrogens is 1. The molecule has 0 atom stereocenters. The molecular formula is C16H21N7. The highest BCUT2D eigenvalue weighted by Crippen LogP contribution is 2.39. The van der Waals surface area contributed by atoms with Gasteiger partial charge in [0, 0.05) is 20.0 Å². The van der Waals surface area contributed by atoms with Crippen LogP contribution in [0.2, 0.25) is 0 Å². The molecule has 1 saturated carbocycles. The number of rotatable bonds is 4. The summed E-state index contributed by atoms with van der Waals surface area (Å²) in [4.78, 5) is 11.3. The topological polar surface area (TPSA) is 75.5 Å². The molecule has 7 heteroatoms. The normalized spacial score (nSPS) is 14.6. The van der Waals surface area contributed by atoms with Crippen molar-refractivity contribution in [1.29, 1.82) is 0 Å². The third-order valence-corrected chi connectivity index (χ3v) is 4.37. The SMILES string of the molecule is Cc1nc(N(C)Cc2cc(C3CC3)n[nH]2)c2c(C)nn(C)c2n1. The first-order valence-electron chi connectivity index (χ1n) is 7.96. The lowest BCUT2D eigenvalue weighted by molar-refractivity contribution is 0.770. The third kappa shape index (κ3) is 2.46. The van der Waals surface area contributed by atoms with E-state index in [9.17, 15) is 0 Å². The predicted molar refractivity (Wildman–Crippen MR) is 88.4 cm³/mol. The highest BCUT2D eigenvalue weighted by Gasteiger charge is 2.26. The van der Waals surface area contributed by atoms with Gasteiger partial charge in [-0.3, -0.25) is 9.78 Å². The Balaban J connectivity index is 1.69. The largest absolute Gasteiger partial charge is 0.353 e. The number of nitrogens with zero attached hydrogens (tertiary/aromatic N) is 6. The summed E-state index contributed by atoms with van der Waals surface area (Å²) in [6.45, 7) is 4.65. The van der Waals surface area contributed by atoms with Gasteiger partial charge in [0.05, 0.1) is 29.0 Å². The Morgan fingerprint density at radius 1 is 1.30 bits per heavy atom. The van der Waals surface area contributed by atoms with Crippen molar-refractivity contribution < 1.29 is 0 Å². The van der Waals surface area contributed by atoms with Crippen LogP contribution in [0, 0.1) is 13.8 Å². The Bertz CT molecular complexity index is 872. The quantitative estimate of drug-likeness (QED) is 0.799. The zero-order valence-corrected chi connectivity index (χ0v) is 14.0. The molecule has 3 aromatic rings. The maximum absolute atomic E-state index is 4.65. The van der Waals surface area contributed by atoms with Crippen LogP contribution in [0.4, 0.5) is 5.82 Å². The molecule has 0 radical (unpaired) electrons. The first kappa shape index (κ1) is 14.2. The summed E-state index contributed by atoms with van der Waals surface area (Å²) in [5.74, 6) is 2.34. The zero-order valence-electron chi connectivity index (χ0n) is 14.0. The van der Waals surface area contributed by atoms with E-state index in [2.05, 4.69) is 36.2 Å². The number of aromatic nitrogens is 6. The van der Waals surface area contributed by atoms with E-state index in [0.717, 1.165) is 40.6 Å². The fraction of sp³-hybridized carbons (Fsp3) is 0.500. The maximum atomic E-state index is 4.65. The smallest absolute Gasteiger partial charge is 0.163 e. The lowest BCUT2D eigenvalue weighted by Gasteiger charge is -2.18. The van der Waals surface area contributed by atoms with Gasteiger partial charge in [-0.25, -0.2) is 9.97 Å². The van der Waals surface area contributed by atoms with Crippen molar-refractivity contribution in [2.75, 3.05) is 11.9 Å². The van der Waals surface area contributed by atoms with E-state index in [1.807, 2.05) is 32.6 Å². The van der Waals surface area contributed by atoms with Gasteiger partial charge < -0.3 is 4.90 Å². The van der Waals surface area contributed by atoms with Crippen molar-refractivity contribution in [3.8, 4) is 0 Å². The summed E-state index contributed by atoms with van der Waals surface area (Å²) >= 11 is 0. The lowest BCUT2D eigenvalue weighted by atomic mass is 10.2. The van der Waals surface area contributed by atoms with Gasteiger partial charge in [0.15, 0.2) is 5.65 Å². The minimum Gasteiger partial charge on any atom is -0.353 e. The number of aromatic amines is 1. The van der Waals surface area contributed by atoms with Gasteiger partial charge in [0.2, 0.25) is 0 Å². The van der Waals surface area contributed by atoms with Crippen molar-refractivity contribution in [1.82, 2.24) is 29.9 Å². The molecule has 120 valence electrons. The van der Waals surface area contributed by atoms with Crippen LogP contribution in [-0.4, -0.2) is 37.0 Å². The van der Waals surface area contributed by atoms with E-state index >= 15 is 0 Å². The Kier molecular flexibility index (Phi) is 3.11. The van der Waals surface area contributed by atoms with E-state index < -0.39 is 0 Å². The van der Waals surface area contributed by atoms with E-state index in [1.165, 1.54) is 18.5 Å². The molecule has 4 rings (SSSR count). The van der Waals surface area contributed by atoms with Gasteiger partial charge in [0.25, 0.3) is 0 Å². The number of hydrogen-bond acceptors (Lipinski definition) is 5. The molecule has 7 nitrogen and oxygen atoms in total. The van der Waals surface area contributed by atoms with Crippen LogP contribution in [0.25, 0.3) is 11.0 Å². The first-order valence-corrected chi connectivity index (χ1v) is 7.96. The molecule has 0 aromatic carbocycles. The summed E-state index contributed by atoms with van der Waals surface area (Å²) in [7, 11) is 3.97. The summed E-state index contributed by atoms with van der Waals surface area (Å²) in [5.41, 5.74) is 4.13. The first-order chi connectivity index (χ1) is 11.0. The van der Waals surface area contributed by atoms with E-state index in [4.69, 9.17) is 0 Å². The van der Waals surface area contributed by atoms with Crippen molar-refractivity contribution >= 4 is 16.9 Å². The number of aryl methyl sites for hydroxylation is 3. The second-order valence-electron chi connectivity index (χ2n) is 6.45. The second kappa shape index (κ2) is 5.04. The van der Waals surface area contributed by atoms with E-state index in [1.54, 1.807) is 0 Å². The average molecular weight is 311 g/mol. The molecule has 0 amide bonds. The molecule has 0 aliphatic heterocycles. The number of anilines is 1. The molecule has 23 heavy (non-hydrogen) atoms. The molecule has 0 unspecified atom stereocenters. The van der Waals surface area contributed by atoms with Gasteiger partial charge >= 0.3 is 0 Å². The average Bonchev–Trinajstić information content (AvgIpc) is 3.19. The molecule has 1 fully saturated rings. The molecule has 1 aliphatic rings. The molecule has 1 aliphatic carbocycles. The highest BCUT2D eigenvalue weighted by atomic mass is 15.3. The van der Waals surface area contributed by atoms with Gasteiger partial charge in [0.1, 0.15) is 11.6 Å². The van der Waals surface area contributed by atoms with Gasteiger partial charge in [-0.15, -0.1) is 0 Å². The Hall–Kier alpha value is -2.44. The number of nitrogens with one attached hydrogen (secondary N) is 1. The third-order valence-electron chi connectivity index (χ3n) is 4.37. The van der Waals surface area contributed by atoms with Gasteiger partial charge in [-0.2, -0.15) is 10.2 Å². The summed E-state index contributed by atoms with van der Waals surface area (Å²) in [6.07, 6.45) is 2.53. The van der Waals surface area contributed by atoms with Crippen molar-refractivity contribution in [2.24, 2.45) is 7.05 Å². The minimum atomic E-state index is 0.666. The standard InChI is InChI=1S/C16H21N7/c1-9-14-15(17-10(2)18-16(14)23(4)21-9)22(3)8-12-7-13(20-19-12)11-5-6-11/h7,11H,5-6,8H2,1-4H3,(H,19,20). The van der Waals surface area contributed by atoms with Gasteiger partial charge in [-0.1, -0.05) is 0 Å². The molecular weight excluding hydrogens is 290 g/mol. The van der Waals surface area contributed by atoms with Crippen LogP contribution >= 0.6 is 0 Å². The fourth-order valence-corrected chi connectivity index (χ4v) is 3.08. The number of hydrogen-bond donors (Lipinski definition) is 1. The van der Waals surface area contributed by atoms with Crippen LogP contribution in [0.5, 0.6) is 0 Å². The Morgan fingerprint density at radius 3 is 2.83 bits per heavy atom. The van der Waals surface area contributed by atoms with Gasteiger partial charge in [-0.05, 0) is 32.8 Å². The summed E-state index contributed by atoms with van der Waals surface area (Å²) < 4.78 is 1.82. The Morgan fingerprint density at radius 2 is 2.09 bits per heavy atom. The van der Waals surface area contributed by atoms with Crippen molar-refractivity contribution in [2.45, 2.75) is 39.2 Å². The van der Waals surface area contributed by atoms with Crippen LogP contribution in [0.1, 0.15) is 41.7 Å². The maximum Gasteiger partial charge on any atom is 0.163 e. The van der Waals surface area contributed by atoms with E-state index in [0.29, 0.717) is 5.92 Å². The molecule has 3 heterocycles. The molecule has 0 bridgehead atoms. The van der Waals surface area contributed by atoms with Crippen LogP contribution < -0.4 is 4.90 Å². The molecule has 1 N–H and O–H groups in total. The monoisotopic (exact) mass is 311 g/mol. The van der Waals surface area contributed by atoms with Crippen LogP contribution in [0.3, 0.4) is 0 Å². The van der Waals surface area contributed by atoms with Crippen LogP contribution in [-0.2, 0) is 13.6 Å². The second-order valence-corrected chi connectivity index (χ2v) is 6.45. The zero-order chi connectivity index (χ0) is 16.1.